The van der Waals surface area contributed by atoms with Crippen LogP contribution in [0.3, 0.4) is 0 Å². The zero-order chi connectivity index (χ0) is 12.0. The van der Waals surface area contributed by atoms with Gasteiger partial charge < -0.3 is 10.3 Å². The highest BCUT2D eigenvalue weighted by Gasteiger charge is 2.27. The van der Waals surface area contributed by atoms with Crippen LogP contribution in [-0.2, 0) is 7.05 Å². The molecule has 3 heteroatoms. The van der Waals surface area contributed by atoms with Gasteiger partial charge >= 0.3 is 0 Å². The molecule has 1 fully saturated rings. The molecule has 0 spiro atoms. The van der Waals surface area contributed by atoms with E-state index >= 15 is 0 Å². The summed E-state index contributed by atoms with van der Waals surface area (Å²) in [4.78, 5) is 4.80. The summed E-state index contributed by atoms with van der Waals surface area (Å²) in [5.74, 6) is 1.75. The smallest absolute Gasteiger partial charge is 0.112 e. The minimum Gasteiger partial charge on any atom is -0.331 e. The molecule has 1 aliphatic rings. The number of benzene rings is 1. The molecule has 0 saturated heterocycles. The van der Waals surface area contributed by atoms with E-state index in [4.69, 9.17) is 10.7 Å². The number of fused-ring (bicyclic) bond motifs is 1. The van der Waals surface area contributed by atoms with E-state index in [2.05, 4.69) is 36.7 Å². The van der Waals surface area contributed by atoms with Gasteiger partial charge in [-0.05, 0) is 37.8 Å². The van der Waals surface area contributed by atoms with Crippen molar-refractivity contribution in [3.8, 4) is 0 Å². The van der Waals surface area contributed by atoms with E-state index in [0.717, 1.165) is 18.4 Å². The van der Waals surface area contributed by atoms with Crippen LogP contribution in [0.5, 0.6) is 0 Å². The molecule has 2 aromatic rings. The third-order valence-corrected chi connectivity index (χ3v) is 3.97. The van der Waals surface area contributed by atoms with E-state index in [1.54, 1.807) is 0 Å². The van der Waals surface area contributed by atoms with Gasteiger partial charge in [-0.1, -0.05) is 12.1 Å². The summed E-state index contributed by atoms with van der Waals surface area (Å²) >= 11 is 0. The topological polar surface area (TPSA) is 43.8 Å². The van der Waals surface area contributed by atoms with Crippen molar-refractivity contribution in [2.45, 2.75) is 38.1 Å². The van der Waals surface area contributed by atoms with Crippen LogP contribution in [0.1, 0.15) is 36.6 Å². The van der Waals surface area contributed by atoms with Crippen molar-refractivity contribution < 1.29 is 0 Å². The number of hydrogen-bond donors (Lipinski definition) is 1. The zero-order valence-electron chi connectivity index (χ0n) is 10.5. The Labute approximate surface area is 102 Å². The Kier molecular flexibility index (Phi) is 2.44. The molecule has 1 saturated carbocycles. The summed E-state index contributed by atoms with van der Waals surface area (Å²) in [5.41, 5.74) is 9.68. The summed E-state index contributed by atoms with van der Waals surface area (Å²) in [6.07, 6.45) is 3.39. The van der Waals surface area contributed by atoms with Crippen LogP contribution in [0.15, 0.2) is 18.2 Å². The van der Waals surface area contributed by atoms with Crippen molar-refractivity contribution in [1.29, 1.82) is 0 Å². The van der Waals surface area contributed by atoms with Gasteiger partial charge in [0, 0.05) is 19.0 Å². The number of para-hydroxylation sites is 1. The number of nitrogens with zero attached hydrogens (tertiary/aromatic N) is 2. The zero-order valence-corrected chi connectivity index (χ0v) is 10.5. The SMILES string of the molecule is Cc1cccc2nc([C@@H]3CC[C@H](N)C3)n(C)c12. The molecule has 1 aromatic carbocycles. The Balaban J connectivity index is 2.12. The molecule has 1 aromatic heterocycles. The lowest BCUT2D eigenvalue weighted by Gasteiger charge is -2.10. The Bertz CT molecular complexity index is 556. The van der Waals surface area contributed by atoms with Crippen LogP contribution in [-0.4, -0.2) is 15.6 Å². The normalized spacial score (nSPS) is 24.6. The fourth-order valence-electron chi connectivity index (χ4n) is 3.10. The van der Waals surface area contributed by atoms with Crippen LogP contribution >= 0.6 is 0 Å². The van der Waals surface area contributed by atoms with Crippen LogP contribution in [0.2, 0.25) is 0 Å². The second-order valence-corrected chi connectivity index (χ2v) is 5.24. The predicted octanol–water partition coefficient (Wildman–Crippen LogP) is 2.48. The molecule has 17 heavy (non-hydrogen) atoms. The lowest BCUT2D eigenvalue weighted by Crippen LogP contribution is -2.15. The third kappa shape index (κ3) is 1.65. The lowest BCUT2D eigenvalue weighted by atomic mass is 10.1. The molecule has 0 radical (unpaired) electrons. The first-order valence-electron chi connectivity index (χ1n) is 6.34. The van der Waals surface area contributed by atoms with Gasteiger partial charge in [0.05, 0.1) is 11.0 Å². The van der Waals surface area contributed by atoms with E-state index in [1.807, 2.05) is 0 Å². The molecule has 2 atom stereocenters. The third-order valence-electron chi connectivity index (χ3n) is 3.97. The summed E-state index contributed by atoms with van der Waals surface area (Å²) < 4.78 is 2.26. The molecule has 2 N–H and O–H groups in total. The molecular weight excluding hydrogens is 210 g/mol. The van der Waals surface area contributed by atoms with Crippen LogP contribution in [0, 0.1) is 6.92 Å². The predicted molar refractivity (Wildman–Crippen MR) is 70.0 cm³/mol. The molecular formula is C14H19N3. The Morgan fingerprint density at radius 1 is 1.35 bits per heavy atom. The van der Waals surface area contributed by atoms with Gasteiger partial charge in [-0.15, -0.1) is 0 Å². The van der Waals surface area contributed by atoms with Crippen LogP contribution < -0.4 is 5.73 Å². The minimum atomic E-state index is 0.362. The number of rotatable bonds is 1. The number of nitrogens with two attached hydrogens (primary N) is 1. The van der Waals surface area contributed by atoms with E-state index < -0.39 is 0 Å². The van der Waals surface area contributed by atoms with Crippen molar-refractivity contribution in [2.75, 3.05) is 0 Å². The van der Waals surface area contributed by atoms with Crippen LogP contribution in [0.4, 0.5) is 0 Å². The number of hydrogen-bond acceptors (Lipinski definition) is 2. The van der Waals surface area contributed by atoms with Gasteiger partial charge in [0.1, 0.15) is 5.82 Å². The second kappa shape index (κ2) is 3.84. The largest absolute Gasteiger partial charge is 0.331 e. The van der Waals surface area contributed by atoms with Gasteiger partial charge in [-0.3, -0.25) is 0 Å². The maximum atomic E-state index is 6.00. The molecule has 0 amide bonds. The van der Waals surface area contributed by atoms with E-state index in [1.165, 1.54) is 23.3 Å². The second-order valence-electron chi connectivity index (χ2n) is 5.24. The quantitative estimate of drug-likeness (QED) is 0.816. The molecule has 1 heterocycles. The van der Waals surface area contributed by atoms with Gasteiger partial charge in [0.15, 0.2) is 0 Å². The molecule has 1 aliphatic carbocycles. The maximum Gasteiger partial charge on any atom is 0.112 e. The standard InChI is InChI=1S/C14H19N3/c1-9-4-3-5-12-13(9)17(2)14(16-12)10-6-7-11(15)8-10/h3-5,10-11H,6-8,15H2,1-2H3/t10-,11+/m1/s1. The fourth-order valence-corrected chi connectivity index (χ4v) is 3.10. The lowest BCUT2D eigenvalue weighted by molar-refractivity contribution is 0.621. The minimum absolute atomic E-state index is 0.362. The highest BCUT2D eigenvalue weighted by atomic mass is 15.1. The summed E-state index contributed by atoms with van der Waals surface area (Å²) in [5, 5.41) is 0. The maximum absolute atomic E-state index is 6.00. The van der Waals surface area contributed by atoms with Crippen molar-refractivity contribution in [1.82, 2.24) is 9.55 Å². The van der Waals surface area contributed by atoms with E-state index in [0.29, 0.717) is 12.0 Å². The Hall–Kier alpha value is -1.35. The summed E-state index contributed by atoms with van der Waals surface area (Å²) in [6, 6.07) is 6.69. The van der Waals surface area contributed by atoms with Gasteiger partial charge in [0.25, 0.3) is 0 Å². The Morgan fingerprint density at radius 3 is 2.82 bits per heavy atom. The fraction of sp³-hybridized carbons (Fsp3) is 0.500. The van der Waals surface area contributed by atoms with Crippen molar-refractivity contribution in [3.63, 3.8) is 0 Å². The molecule has 3 rings (SSSR count). The Morgan fingerprint density at radius 2 is 2.18 bits per heavy atom. The average Bonchev–Trinajstić information content (AvgIpc) is 2.84. The molecule has 0 aliphatic heterocycles. The molecule has 0 unspecified atom stereocenters. The van der Waals surface area contributed by atoms with Gasteiger partial charge in [-0.25, -0.2) is 4.98 Å². The van der Waals surface area contributed by atoms with E-state index in [-0.39, 0.29) is 0 Å². The van der Waals surface area contributed by atoms with Crippen molar-refractivity contribution in [2.24, 2.45) is 12.8 Å². The van der Waals surface area contributed by atoms with Crippen molar-refractivity contribution in [3.05, 3.63) is 29.6 Å². The van der Waals surface area contributed by atoms with Gasteiger partial charge in [-0.2, -0.15) is 0 Å². The number of imidazole rings is 1. The molecule has 0 bridgehead atoms. The first-order chi connectivity index (χ1) is 8.16. The first kappa shape index (κ1) is 10.8. The molecule has 3 nitrogen and oxygen atoms in total. The number of aryl methyl sites for hydroxylation is 2. The molecule has 90 valence electrons. The van der Waals surface area contributed by atoms with Crippen LogP contribution in [0.25, 0.3) is 11.0 Å². The van der Waals surface area contributed by atoms with Gasteiger partial charge in [0.2, 0.25) is 0 Å². The summed E-state index contributed by atoms with van der Waals surface area (Å²) in [6.45, 7) is 2.15. The van der Waals surface area contributed by atoms with E-state index in [9.17, 15) is 0 Å². The average molecular weight is 229 g/mol. The summed E-state index contributed by atoms with van der Waals surface area (Å²) in [7, 11) is 2.13. The highest BCUT2D eigenvalue weighted by Crippen LogP contribution is 2.34. The monoisotopic (exact) mass is 229 g/mol. The first-order valence-corrected chi connectivity index (χ1v) is 6.34. The number of aromatic nitrogens is 2. The highest BCUT2D eigenvalue weighted by molar-refractivity contribution is 5.79. The van der Waals surface area contributed by atoms with Crippen molar-refractivity contribution >= 4 is 11.0 Å².